The predicted octanol–water partition coefficient (Wildman–Crippen LogP) is 5.25. The molecule has 0 saturated carbocycles. The number of ketones is 1. The molecule has 6 nitrogen and oxygen atoms in total. The van der Waals surface area contributed by atoms with Crippen molar-refractivity contribution in [2.45, 2.75) is 26.0 Å². The third-order valence-electron chi connectivity index (χ3n) is 5.48. The van der Waals surface area contributed by atoms with Gasteiger partial charge in [-0.15, -0.1) is 0 Å². The number of nitrogens with zero attached hydrogens (tertiary/aromatic N) is 1. The van der Waals surface area contributed by atoms with Crippen LogP contribution in [0.2, 0.25) is 0 Å². The first kappa shape index (κ1) is 23.0. The highest BCUT2D eigenvalue weighted by molar-refractivity contribution is 6.51. The van der Waals surface area contributed by atoms with Gasteiger partial charge in [0.25, 0.3) is 11.7 Å². The highest BCUT2D eigenvalue weighted by atomic mass is 19.1. The molecule has 0 spiro atoms. The molecular formula is C27H24FNO5. The van der Waals surface area contributed by atoms with Crippen molar-refractivity contribution >= 4 is 23.1 Å². The zero-order valence-electron chi connectivity index (χ0n) is 19.0. The molecule has 1 heterocycles. The quantitative estimate of drug-likeness (QED) is 0.308. The van der Waals surface area contributed by atoms with Crippen LogP contribution >= 0.6 is 0 Å². The van der Waals surface area contributed by atoms with Gasteiger partial charge in [-0.05, 0) is 56.3 Å². The highest BCUT2D eigenvalue weighted by Gasteiger charge is 2.47. The number of halogens is 1. The van der Waals surface area contributed by atoms with Gasteiger partial charge in [-0.1, -0.05) is 24.3 Å². The molecular weight excluding hydrogens is 437 g/mol. The van der Waals surface area contributed by atoms with E-state index in [1.54, 1.807) is 54.6 Å². The largest absolute Gasteiger partial charge is 0.507 e. The Morgan fingerprint density at radius 1 is 0.971 bits per heavy atom. The smallest absolute Gasteiger partial charge is 0.300 e. The van der Waals surface area contributed by atoms with Crippen molar-refractivity contribution in [3.63, 3.8) is 0 Å². The minimum atomic E-state index is -1.17. The molecule has 3 aromatic carbocycles. The van der Waals surface area contributed by atoms with Crippen LogP contribution in [-0.4, -0.2) is 30.0 Å². The van der Waals surface area contributed by atoms with Crippen LogP contribution < -0.4 is 14.4 Å². The summed E-state index contributed by atoms with van der Waals surface area (Å²) in [5.41, 5.74) is 0.539. The number of rotatable bonds is 6. The number of aliphatic hydroxyl groups excluding tert-OH is 1. The van der Waals surface area contributed by atoms with Gasteiger partial charge in [0.1, 0.15) is 23.1 Å². The third-order valence-corrected chi connectivity index (χ3v) is 5.48. The number of Topliss-reactive ketones (excluding diaryl/α,β-unsaturated/α-hetero) is 1. The summed E-state index contributed by atoms with van der Waals surface area (Å²) in [6.45, 7) is 3.78. The molecule has 1 N–H and O–H groups in total. The lowest BCUT2D eigenvalue weighted by Gasteiger charge is -2.26. The second-order valence-corrected chi connectivity index (χ2v) is 8.08. The fourth-order valence-corrected chi connectivity index (χ4v) is 3.97. The van der Waals surface area contributed by atoms with E-state index in [0.29, 0.717) is 22.7 Å². The lowest BCUT2D eigenvalue weighted by molar-refractivity contribution is -0.132. The number of benzene rings is 3. The summed E-state index contributed by atoms with van der Waals surface area (Å²) >= 11 is 0. The molecule has 7 heteroatoms. The van der Waals surface area contributed by atoms with Crippen molar-refractivity contribution in [2.24, 2.45) is 0 Å². The number of amides is 1. The zero-order valence-corrected chi connectivity index (χ0v) is 19.0. The number of methoxy groups -OCH3 is 1. The standard InChI is InChI=1S/C27H24FNO5/c1-16(2)34-19-13-11-17(12-14-19)25(30)23-24(21-9-4-5-10-22(21)28)29(27(32)26(23)31)18-7-6-8-20(15-18)33-3/h4-16,24,30H,1-3H3/b25-23+. The Hall–Kier alpha value is -4.13. The first-order chi connectivity index (χ1) is 16.3. The van der Waals surface area contributed by atoms with Gasteiger partial charge in [0.2, 0.25) is 0 Å². The van der Waals surface area contributed by atoms with Gasteiger partial charge in [0.15, 0.2) is 0 Å². The lowest BCUT2D eigenvalue weighted by Crippen LogP contribution is -2.29. The van der Waals surface area contributed by atoms with E-state index in [1.807, 2.05) is 13.8 Å². The van der Waals surface area contributed by atoms with Crippen molar-refractivity contribution in [1.29, 1.82) is 0 Å². The first-order valence-corrected chi connectivity index (χ1v) is 10.8. The van der Waals surface area contributed by atoms with Crippen LogP contribution in [0.1, 0.15) is 31.0 Å². The van der Waals surface area contributed by atoms with E-state index in [-0.39, 0.29) is 17.2 Å². The fourth-order valence-electron chi connectivity index (χ4n) is 3.97. The monoisotopic (exact) mass is 461 g/mol. The molecule has 1 aliphatic heterocycles. The predicted molar refractivity (Wildman–Crippen MR) is 126 cm³/mol. The number of aliphatic hydroxyl groups is 1. The number of carbonyl (C=O) groups is 2. The molecule has 4 rings (SSSR count). The molecule has 34 heavy (non-hydrogen) atoms. The van der Waals surface area contributed by atoms with Gasteiger partial charge < -0.3 is 14.6 Å². The lowest BCUT2D eigenvalue weighted by atomic mass is 9.94. The van der Waals surface area contributed by atoms with Crippen molar-refractivity contribution in [1.82, 2.24) is 0 Å². The first-order valence-electron chi connectivity index (χ1n) is 10.8. The average Bonchev–Trinajstić information content (AvgIpc) is 3.09. The van der Waals surface area contributed by atoms with Crippen LogP contribution in [0.15, 0.2) is 78.4 Å². The van der Waals surface area contributed by atoms with Crippen molar-refractivity contribution in [2.75, 3.05) is 12.0 Å². The number of anilines is 1. The Labute approximate surface area is 196 Å². The second kappa shape index (κ2) is 9.39. The molecule has 1 atom stereocenters. The Kier molecular flexibility index (Phi) is 6.36. The van der Waals surface area contributed by atoms with Crippen molar-refractivity contribution < 1.29 is 28.6 Å². The van der Waals surface area contributed by atoms with Crippen LogP contribution in [0.25, 0.3) is 5.76 Å². The maximum Gasteiger partial charge on any atom is 0.300 e. The average molecular weight is 461 g/mol. The van der Waals surface area contributed by atoms with E-state index in [9.17, 15) is 19.1 Å². The van der Waals surface area contributed by atoms with E-state index in [0.717, 1.165) is 0 Å². The van der Waals surface area contributed by atoms with Crippen LogP contribution in [0.4, 0.5) is 10.1 Å². The topological polar surface area (TPSA) is 76.1 Å². The molecule has 3 aromatic rings. The molecule has 1 aliphatic rings. The minimum Gasteiger partial charge on any atom is -0.507 e. The highest BCUT2D eigenvalue weighted by Crippen LogP contribution is 2.43. The molecule has 174 valence electrons. The summed E-state index contributed by atoms with van der Waals surface area (Å²) in [5.74, 6) is -1.72. The summed E-state index contributed by atoms with van der Waals surface area (Å²) in [7, 11) is 1.48. The third kappa shape index (κ3) is 4.24. The second-order valence-electron chi connectivity index (χ2n) is 8.08. The summed E-state index contributed by atoms with van der Waals surface area (Å²) in [5, 5.41) is 11.2. The molecule has 1 unspecified atom stereocenters. The van der Waals surface area contributed by atoms with Gasteiger partial charge in [0, 0.05) is 22.9 Å². The van der Waals surface area contributed by atoms with Gasteiger partial charge >= 0.3 is 0 Å². The summed E-state index contributed by atoms with van der Waals surface area (Å²) in [6, 6.07) is 17.8. The molecule has 0 aliphatic carbocycles. The van der Waals surface area contributed by atoms with Crippen molar-refractivity contribution in [3.05, 3.63) is 95.3 Å². The van der Waals surface area contributed by atoms with Gasteiger partial charge in [-0.2, -0.15) is 0 Å². The SMILES string of the molecule is COc1cccc(N2C(=O)C(=O)/C(=C(/O)c3ccc(OC(C)C)cc3)C2c2ccccc2F)c1. The van der Waals surface area contributed by atoms with E-state index in [1.165, 1.54) is 30.2 Å². The Morgan fingerprint density at radius 2 is 1.68 bits per heavy atom. The van der Waals surface area contributed by atoms with E-state index >= 15 is 0 Å². The van der Waals surface area contributed by atoms with Crippen LogP contribution in [0.3, 0.4) is 0 Å². The molecule has 0 bridgehead atoms. The minimum absolute atomic E-state index is 0.0336. The zero-order chi connectivity index (χ0) is 24.4. The normalized spacial score (nSPS) is 17.3. The van der Waals surface area contributed by atoms with Crippen LogP contribution in [0, 0.1) is 5.82 Å². The Morgan fingerprint density at radius 3 is 2.32 bits per heavy atom. The van der Waals surface area contributed by atoms with Gasteiger partial charge in [-0.3, -0.25) is 14.5 Å². The number of hydrogen-bond donors (Lipinski definition) is 1. The summed E-state index contributed by atoms with van der Waals surface area (Å²) in [4.78, 5) is 27.5. The van der Waals surface area contributed by atoms with E-state index in [2.05, 4.69) is 0 Å². The molecule has 0 radical (unpaired) electrons. The number of ether oxygens (including phenoxy) is 2. The Balaban J connectivity index is 1.89. The van der Waals surface area contributed by atoms with Crippen LogP contribution in [0.5, 0.6) is 11.5 Å². The maximum atomic E-state index is 14.9. The molecule has 1 saturated heterocycles. The van der Waals surface area contributed by atoms with E-state index < -0.39 is 29.3 Å². The van der Waals surface area contributed by atoms with Crippen LogP contribution in [-0.2, 0) is 9.59 Å². The summed E-state index contributed by atoms with van der Waals surface area (Å²) < 4.78 is 25.8. The fraction of sp³-hybridized carbons (Fsp3) is 0.185. The molecule has 0 aromatic heterocycles. The van der Waals surface area contributed by atoms with Gasteiger partial charge in [0.05, 0.1) is 24.8 Å². The van der Waals surface area contributed by atoms with E-state index in [4.69, 9.17) is 9.47 Å². The number of carbonyl (C=O) groups excluding carboxylic acids is 2. The Bertz CT molecular complexity index is 1270. The van der Waals surface area contributed by atoms with Gasteiger partial charge in [-0.25, -0.2) is 4.39 Å². The summed E-state index contributed by atoms with van der Waals surface area (Å²) in [6.07, 6.45) is -0.0336. The molecule has 1 amide bonds. The number of hydrogen-bond acceptors (Lipinski definition) is 5. The molecule has 1 fully saturated rings. The maximum absolute atomic E-state index is 14.9. The van der Waals surface area contributed by atoms with Crippen molar-refractivity contribution in [3.8, 4) is 11.5 Å².